The number of pyridine rings is 1. The molecule has 0 radical (unpaired) electrons. The maximum Gasteiger partial charge on any atom is 0.288 e. The van der Waals surface area contributed by atoms with Crippen LogP contribution in [0, 0.1) is 11.3 Å². The van der Waals surface area contributed by atoms with E-state index in [-0.39, 0.29) is 17.0 Å². The summed E-state index contributed by atoms with van der Waals surface area (Å²) in [6, 6.07) is 9.86. The summed E-state index contributed by atoms with van der Waals surface area (Å²) < 4.78 is 12.4. The van der Waals surface area contributed by atoms with Crippen molar-refractivity contribution in [2.45, 2.75) is 19.4 Å². The van der Waals surface area contributed by atoms with Gasteiger partial charge in [-0.05, 0) is 17.7 Å². The molecular formula is C24H24N4O4. The van der Waals surface area contributed by atoms with Crippen molar-refractivity contribution >= 4 is 22.5 Å². The predicted octanol–water partition coefficient (Wildman–Crippen LogP) is 2.13. The summed E-state index contributed by atoms with van der Waals surface area (Å²) in [6.07, 6.45) is 5.08. The zero-order chi connectivity index (χ0) is 22.1. The number of fused-ring (bicyclic) bond motifs is 1. The summed E-state index contributed by atoms with van der Waals surface area (Å²) >= 11 is 0. The lowest BCUT2D eigenvalue weighted by atomic mass is 10.1. The third kappa shape index (κ3) is 3.50. The van der Waals surface area contributed by atoms with Crippen LogP contribution in [0.2, 0.25) is 0 Å². The fraction of sp³-hybridized carbons (Fsp3) is 0.375. The molecule has 5 rings (SSSR count). The number of aromatic nitrogens is 1. The molecule has 0 unspecified atom stereocenters. The van der Waals surface area contributed by atoms with Crippen molar-refractivity contribution < 1.29 is 14.3 Å². The number of nitrogens with zero attached hydrogens (tertiary/aromatic N) is 4. The largest absolute Gasteiger partial charge is 0.501 e. The Hall–Kier alpha value is -3.73. The van der Waals surface area contributed by atoms with Crippen molar-refractivity contribution in [3.8, 4) is 6.07 Å². The predicted molar refractivity (Wildman–Crippen MR) is 119 cm³/mol. The lowest BCUT2D eigenvalue weighted by Gasteiger charge is -2.37. The highest BCUT2D eigenvalue weighted by molar-refractivity contribution is 5.95. The van der Waals surface area contributed by atoms with Gasteiger partial charge in [-0.2, -0.15) is 5.26 Å². The van der Waals surface area contributed by atoms with Crippen LogP contribution in [0.1, 0.15) is 18.4 Å². The first-order chi connectivity index (χ1) is 15.7. The second-order valence-corrected chi connectivity index (χ2v) is 8.13. The Balaban J connectivity index is 1.49. The standard InChI is InChI=1S/C24H24N4O4/c25-14-19-22(26-8-10-27(11-9-26)24(30)21-6-3-12-32-21)18-4-1-2-5-20(18)28(23(19)29)15-17-7-13-31-16-17/h1-2,4-6,16H,3,7-13,15H2. The van der Waals surface area contributed by atoms with Crippen LogP contribution in [0.4, 0.5) is 5.69 Å². The molecule has 2 aromatic rings. The number of carbonyl (C=O) groups excluding carboxylic acids is 1. The maximum absolute atomic E-state index is 13.4. The van der Waals surface area contributed by atoms with Gasteiger partial charge >= 0.3 is 0 Å². The number of piperazine rings is 1. The topological polar surface area (TPSA) is 87.8 Å². The van der Waals surface area contributed by atoms with Gasteiger partial charge in [-0.15, -0.1) is 0 Å². The Morgan fingerprint density at radius 1 is 1.12 bits per heavy atom. The number of ether oxygens (including phenoxy) is 2. The van der Waals surface area contributed by atoms with Gasteiger partial charge < -0.3 is 23.8 Å². The highest BCUT2D eigenvalue weighted by Gasteiger charge is 2.29. The van der Waals surface area contributed by atoms with Crippen LogP contribution < -0.4 is 10.5 Å². The molecule has 1 saturated heterocycles. The van der Waals surface area contributed by atoms with Gasteiger partial charge in [0.25, 0.3) is 11.5 Å². The quantitative estimate of drug-likeness (QED) is 0.736. The number of carbonyl (C=O) groups is 1. The van der Waals surface area contributed by atoms with E-state index in [1.807, 2.05) is 30.3 Å². The van der Waals surface area contributed by atoms with Gasteiger partial charge in [0.15, 0.2) is 5.76 Å². The number of hydrogen-bond donors (Lipinski definition) is 0. The fourth-order valence-electron chi connectivity index (χ4n) is 4.58. The Labute approximate surface area is 185 Å². The number of benzene rings is 1. The number of anilines is 1. The van der Waals surface area contributed by atoms with Crippen molar-refractivity contribution in [3.63, 3.8) is 0 Å². The van der Waals surface area contributed by atoms with Crippen LogP contribution in [0.5, 0.6) is 0 Å². The Bertz CT molecular complexity index is 1230. The van der Waals surface area contributed by atoms with E-state index in [0.717, 1.165) is 29.3 Å². The molecule has 1 fully saturated rings. The minimum absolute atomic E-state index is 0.0880. The van der Waals surface area contributed by atoms with Crippen molar-refractivity contribution in [2.75, 3.05) is 44.3 Å². The summed E-state index contributed by atoms with van der Waals surface area (Å²) in [4.78, 5) is 29.8. The fourth-order valence-corrected chi connectivity index (χ4v) is 4.58. The molecule has 8 heteroatoms. The van der Waals surface area contributed by atoms with Gasteiger partial charge in [-0.25, -0.2) is 0 Å². The van der Waals surface area contributed by atoms with E-state index in [4.69, 9.17) is 9.47 Å². The summed E-state index contributed by atoms with van der Waals surface area (Å²) in [6.45, 7) is 3.68. The molecule has 0 bridgehead atoms. The Kier molecular flexibility index (Phi) is 5.31. The highest BCUT2D eigenvalue weighted by Crippen LogP contribution is 2.30. The molecule has 0 saturated carbocycles. The van der Waals surface area contributed by atoms with Crippen LogP contribution in [-0.4, -0.2) is 54.8 Å². The minimum Gasteiger partial charge on any atom is -0.501 e. The van der Waals surface area contributed by atoms with E-state index >= 15 is 0 Å². The second kappa shape index (κ2) is 8.42. The highest BCUT2D eigenvalue weighted by atomic mass is 16.5. The lowest BCUT2D eigenvalue weighted by molar-refractivity contribution is -0.130. The van der Waals surface area contributed by atoms with Gasteiger partial charge in [-0.3, -0.25) is 9.59 Å². The molecule has 1 amide bonds. The van der Waals surface area contributed by atoms with Crippen LogP contribution in [0.25, 0.3) is 10.9 Å². The van der Waals surface area contributed by atoms with Crippen molar-refractivity contribution in [1.82, 2.24) is 9.47 Å². The first-order valence-corrected chi connectivity index (χ1v) is 10.9. The molecule has 3 aliphatic rings. The molecular weight excluding hydrogens is 408 g/mol. The van der Waals surface area contributed by atoms with Crippen LogP contribution in [0.3, 0.4) is 0 Å². The van der Waals surface area contributed by atoms with Gasteiger partial charge in [-0.1, -0.05) is 18.2 Å². The average Bonchev–Trinajstić information content (AvgIpc) is 3.55. The average molecular weight is 432 g/mol. The molecule has 164 valence electrons. The van der Waals surface area contributed by atoms with Crippen molar-refractivity contribution in [2.24, 2.45) is 0 Å². The molecule has 32 heavy (non-hydrogen) atoms. The third-order valence-electron chi connectivity index (χ3n) is 6.21. The van der Waals surface area contributed by atoms with E-state index in [0.29, 0.717) is 57.4 Å². The summed E-state index contributed by atoms with van der Waals surface area (Å²) in [5, 5.41) is 10.8. The lowest BCUT2D eigenvalue weighted by Crippen LogP contribution is -2.50. The van der Waals surface area contributed by atoms with Gasteiger partial charge in [0.1, 0.15) is 11.6 Å². The number of para-hydroxylation sites is 1. The van der Waals surface area contributed by atoms with Crippen LogP contribution >= 0.6 is 0 Å². The van der Waals surface area contributed by atoms with Gasteiger partial charge in [0.2, 0.25) is 0 Å². The van der Waals surface area contributed by atoms with Crippen LogP contribution in [-0.2, 0) is 20.8 Å². The smallest absolute Gasteiger partial charge is 0.288 e. The second-order valence-electron chi connectivity index (χ2n) is 8.13. The van der Waals surface area contributed by atoms with E-state index < -0.39 is 0 Å². The monoisotopic (exact) mass is 432 g/mol. The van der Waals surface area contributed by atoms with Gasteiger partial charge in [0, 0.05) is 44.4 Å². The van der Waals surface area contributed by atoms with E-state index in [1.165, 1.54) is 0 Å². The maximum atomic E-state index is 13.4. The summed E-state index contributed by atoms with van der Waals surface area (Å²) in [5.74, 6) is 0.337. The SMILES string of the molecule is N#Cc1c(N2CCN(C(=O)C3=CCCO3)CC2)c2ccccc2n(CC2=COCC2)c1=O. The normalized spacial score (nSPS) is 18.1. The molecule has 1 aromatic carbocycles. The van der Waals surface area contributed by atoms with Crippen molar-refractivity contribution in [3.05, 3.63) is 63.9 Å². The Morgan fingerprint density at radius 3 is 2.62 bits per heavy atom. The molecule has 1 aromatic heterocycles. The molecule has 0 aliphatic carbocycles. The summed E-state index contributed by atoms with van der Waals surface area (Å²) in [5.41, 5.74) is 2.33. The molecule has 8 nitrogen and oxygen atoms in total. The zero-order valence-corrected chi connectivity index (χ0v) is 17.7. The van der Waals surface area contributed by atoms with Crippen molar-refractivity contribution in [1.29, 1.82) is 5.26 Å². The minimum atomic E-state index is -0.294. The number of rotatable bonds is 4. The number of amides is 1. The van der Waals surface area contributed by atoms with E-state index in [2.05, 4.69) is 11.0 Å². The van der Waals surface area contributed by atoms with Gasteiger partial charge in [0.05, 0.1) is 37.2 Å². The number of nitriles is 1. The number of hydrogen-bond acceptors (Lipinski definition) is 6. The Morgan fingerprint density at radius 2 is 1.94 bits per heavy atom. The van der Waals surface area contributed by atoms with E-state index in [9.17, 15) is 14.9 Å². The first-order valence-electron chi connectivity index (χ1n) is 10.9. The molecule has 4 heterocycles. The molecule has 0 N–H and O–H groups in total. The first kappa shape index (κ1) is 20.2. The third-order valence-corrected chi connectivity index (χ3v) is 6.21. The molecule has 0 atom stereocenters. The van der Waals surface area contributed by atoms with Crippen LogP contribution in [0.15, 0.2) is 52.7 Å². The zero-order valence-electron chi connectivity index (χ0n) is 17.7. The van der Waals surface area contributed by atoms with E-state index in [1.54, 1.807) is 15.7 Å². The molecule has 0 spiro atoms. The molecule has 3 aliphatic heterocycles. The summed E-state index contributed by atoms with van der Waals surface area (Å²) in [7, 11) is 0.